The molecule has 4 aromatic rings. The molecule has 3 N–H and O–H groups in total. The quantitative estimate of drug-likeness (QED) is 0.328. The van der Waals surface area contributed by atoms with Crippen LogP contribution in [0.25, 0.3) is 22.4 Å². The Balaban J connectivity index is 1.70. The van der Waals surface area contributed by atoms with Gasteiger partial charge in [0.25, 0.3) is 5.91 Å². The maximum absolute atomic E-state index is 13.8. The highest BCUT2D eigenvalue weighted by Crippen LogP contribution is 2.43. The number of rotatable bonds is 7. The van der Waals surface area contributed by atoms with Crippen LogP contribution in [0, 0.1) is 6.92 Å². The fourth-order valence-corrected chi connectivity index (χ4v) is 3.66. The predicted octanol–water partition coefficient (Wildman–Crippen LogP) is 4.58. The molecular formula is C25H26F3N5O4. The molecule has 0 aliphatic rings. The summed E-state index contributed by atoms with van der Waals surface area (Å²) in [6, 6.07) is 5.74. The number of oxazole rings is 1. The number of hydrogen-bond donors (Lipinski definition) is 3. The highest BCUT2D eigenvalue weighted by Gasteiger charge is 2.52. The molecule has 3 heterocycles. The maximum Gasteiger partial charge on any atom is 0.421 e. The Labute approximate surface area is 210 Å². The van der Waals surface area contributed by atoms with Crippen molar-refractivity contribution in [2.45, 2.75) is 58.0 Å². The van der Waals surface area contributed by atoms with E-state index in [-0.39, 0.29) is 22.8 Å². The third kappa shape index (κ3) is 5.65. The fourth-order valence-electron chi connectivity index (χ4n) is 3.66. The molecule has 1 unspecified atom stereocenters. The molecule has 0 aliphatic heterocycles. The maximum atomic E-state index is 13.8. The van der Waals surface area contributed by atoms with Crippen LogP contribution in [0.1, 0.15) is 48.9 Å². The van der Waals surface area contributed by atoms with E-state index in [9.17, 15) is 28.2 Å². The molecule has 4 rings (SSSR count). The average molecular weight is 518 g/mol. The van der Waals surface area contributed by atoms with E-state index in [1.54, 1.807) is 45.3 Å². The van der Waals surface area contributed by atoms with Crippen molar-refractivity contribution < 1.29 is 32.6 Å². The monoisotopic (exact) mass is 517 g/mol. The summed E-state index contributed by atoms with van der Waals surface area (Å²) < 4.78 is 48.2. The SMILES string of the molecule is Cc1cc(-c2nc(C(=O)Nc3cc4cn(CCC(C)(C)O)nc4cc3C(C)(O)C(F)(F)F)co2)ccn1. The number of carbonyl (C=O) groups is 1. The summed E-state index contributed by atoms with van der Waals surface area (Å²) in [7, 11) is 0. The predicted molar refractivity (Wildman–Crippen MR) is 129 cm³/mol. The van der Waals surface area contributed by atoms with Crippen LogP contribution >= 0.6 is 0 Å². The summed E-state index contributed by atoms with van der Waals surface area (Å²) in [5.41, 5.74) is -3.79. The first-order chi connectivity index (χ1) is 17.1. The molecule has 0 radical (unpaired) electrons. The van der Waals surface area contributed by atoms with Crippen LogP contribution in [0.15, 0.2) is 47.3 Å². The topological polar surface area (TPSA) is 126 Å². The molecule has 196 valence electrons. The number of halogens is 3. The minimum atomic E-state index is -5.04. The van der Waals surface area contributed by atoms with Crippen LogP contribution in [-0.4, -0.2) is 47.6 Å². The summed E-state index contributed by atoms with van der Waals surface area (Å²) in [6.07, 6.45) is -0.456. The number of aromatic nitrogens is 4. The standard InChI is InChI=1S/C25H26F3N5O4/c1-14-9-15(5-7-29-14)22-31-20(13-37-22)21(34)30-19-10-16-12-33(8-6-23(2,3)35)32-18(16)11-17(19)24(4,36)25(26,27)28/h5,7,9-13,35-36H,6,8H2,1-4H3,(H,30,34). The lowest BCUT2D eigenvalue weighted by molar-refractivity contribution is -0.258. The molecule has 1 atom stereocenters. The second-order valence-corrected chi connectivity index (χ2v) is 9.66. The van der Waals surface area contributed by atoms with Crippen molar-refractivity contribution in [3.63, 3.8) is 0 Å². The number of hydrogen-bond acceptors (Lipinski definition) is 7. The highest BCUT2D eigenvalue weighted by molar-refractivity contribution is 6.04. The molecule has 0 bridgehead atoms. The van der Waals surface area contributed by atoms with Gasteiger partial charge in [0.2, 0.25) is 5.89 Å². The van der Waals surface area contributed by atoms with Gasteiger partial charge in [-0.25, -0.2) is 4.98 Å². The molecule has 0 fully saturated rings. The number of pyridine rings is 1. The van der Waals surface area contributed by atoms with Gasteiger partial charge in [-0.3, -0.25) is 14.5 Å². The van der Waals surface area contributed by atoms with Crippen molar-refractivity contribution in [1.29, 1.82) is 0 Å². The molecule has 0 spiro atoms. The largest absolute Gasteiger partial charge is 0.444 e. The summed E-state index contributed by atoms with van der Waals surface area (Å²) in [5, 5.41) is 27.6. The van der Waals surface area contributed by atoms with Crippen LogP contribution in [0.3, 0.4) is 0 Å². The van der Waals surface area contributed by atoms with E-state index in [4.69, 9.17) is 4.42 Å². The third-order valence-electron chi connectivity index (χ3n) is 5.85. The summed E-state index contributed by atoms with van der Waals surface area (Å²) in [6.45, 7) is 5.95. The van der Waals surface area contributed by atoms with Gasteiger partial charge in [0.1, 0.15) is 6.26 Å². The van der Waals surface area contributed by atoms with Crippen molar-refractivity contribution in [3.8, 4) is 11.5 Å². The number of alkyl halides is 3. The normalized spacial score (nSPS) is 14.1. The first kappa shape index (κ1) is 26.3. The van der Waals surface area contributed by atoms with Gasteiger partial charge in [0.15, 0.2) is 11.3 Å². The second kappa shape index (κ2) is 9.27. The number of aryl methyl sites for hydroxylation is 2. The molecule has 3 aromatic heterocycles. The Morgan fingerprint density at radius 2 is 1.89 bits per heavy atom. The Bertz CT molecular complexity index is 1450. The summed E-state index contributed by atoms with van der Waals surface area (Å²) >= 11 is 0. The van der Waals surface area contributed by atoms with Gasteiger partial charge in [0, 0.05) is 46.8 Å². The lowest BCUT2D eigenvalue weighted by Gasteiger charge is -2.28. The third-order valence-corrected chi connectivity index (χ3v) is 5.85. The number of fused-ring (bicyclic) bond motifs is 1. The van der Waals surface area contributed by atoms with Crippen molar-refractivity contribution in [1.82, 2.24) is 19.7 Å². The minimum absolute atomic E-state index is 0.140. The summed E-state index contributed by atoms with van der Waals surface area (Å²) in [5.74, 6) is -0.685. The Hall–Kier alpha value is -3.77. The van der Waals surface area contributed by atoms with E-state index in [1.165, 1.54) is 10.7 Å². The molecule has 37 heavy (non-hydrogen) atoms. The van der Waals surface area contributed by atoms with Gasteiger partial charge in [-0.15, -0.1) is 0 Å². The van der Waals surface area contributed by atoms with E-state index in [2.05, 4.69) is 20.4 Å². The number of amides is 1. The van der Waals surface area contributed by atoms with Crippen molar-refractivity contribution >= 4 is 22.5 Å². The molecule has 0 saturated carbocycles. The number of anilines is 1. The first-order valence-corrected chi connectivity index (χ1v) is 11.4. The van der Waals surface area contributed by atoms with Crippen LogP contribution in [0.4, 0.5) is 18.9 Å². The van der Waals surface area contributed by atoms with Gasteiger partial charge in [-0.2, -0.15) is 18.3 Å². The van der Waals surface area contributed by atoms with Crippen LogP contribution in [0.5, 0.6) is 0 Å². The minimum Gasteiger partial charge on any atom is -0.444 e. The van der Waals surface area contributed by atoms with Crippen LogP contribution in [0.2, 0.25) is 0 Å². The fraction of sp³-hybridized carbons (Fsp3) is 0.360. The highest BCUT2D eigenvalue weighted by atomic mass is 19.4. The average Bonchev–Trinajstić information content (AvgIpc) is 3.43. The molecule has 9 nitrogen and oxygen atoms in total. The molecule has 0 aliphatic carbocycles. The lowest BCUT2D eigenvalue weighted by atomic mass is 9.92. The van der Waals surface area contributed by atoms with E-state index in [1.807, 2.05) is 0 Å². The van der Waals surface area contributed by atoms with E-state index < -0.39 is 28.8 Å². The number of aliphatic hydroxyl groups is 2. The molecule has 12 heteroatoms. The smallest absolute Gasteiger partial charge is 0.421 e. The van der Waals surface area contributed by atoms with E-state index >= 15 is 0 Å². The first-order valence-electron chi connectivity index (χ1n) is 11.4. The number of carbonyl (C=O) groups excluding carboxylic acids is 1. The number of benzene rings is 1. The van der Waals surface area contributed by atoms with E-state index in [0.29, 0.717) is 36.5 Å². The van der Waals surface area contributed by atoms with Crippen LogP contribution in [-0.2, 0) is 12.1 Å². The van der Waals surface area contributed by atoms with Gasteiger partial charge < -0.3 is 19.9 Å². The number of nitrogens with one attached hydrogen (secondary N) is 1. The lowest BCUT2D eigenvalue weighted by Crippen LogP contribution is -2.40. The molecule has 0 saturated heterocycles. The van der Waals surface area contributed by atoms with E-state index in [0.717, 1.165) is 12.3 Å². The Morgan fingerprint density at radius 3 is 2.54 bits per heavy atom. The summed E-state index contributed by atoms with van der Waals surface area (Å²) in [4.78, 5) is 21.2. The number of nitrogens with zero attached hydrogens (tertiary/aromatic N) is 4. The van der Waals surface area contributed by atoms with Crippen molar-refractivity contribution in [2.24, 2.45) is 0 Å². The second-order valence-electron chi connectivity index (χ2n) is 9.66. The Morgan fingerprint density at radius 1 is 1.16 bits per heavy atom. The van der Waals surface area contributed by atoms with Gasteiger partial charge in [0.05, 0.1) is 11.1 Å². The molecular weight excluding hydrogens is 491 g/mol. The molecule has 1 aromatic carbocycles. The zero-order chi connectivity index (χ0) is 27.2. The molecule has 1 amide bonds. The van der Waals surface area contributed by atoms with Crippen molar-refractivity contribution in [3.05, 3.63) is 59.9 Å². The van der Waals surface area contributed by atoms with Gasteiger partial charge in [-0.05, 0) is 58.4 Å². The van der Waals surface area contributed by atoms with Gasteiger partial charge in [-0.1, -0.05) is 0 Å². The van der Waals surface area contributed by atoms with Crippen LogP contribution < -0.4 is 5.32 Å². The zero-order valence-corrected chi connectivity index (χ0v) is 20.6. The Kier molecular flexibility index (Phi) is 6.59. The van der Waals surface area contributed by atoms with Crippen molar-refractivity contribution in [2.75, 3.05) is 5.32 Å². The van der Waals surface area contributed by atoms with Gasteiger partial charge >= 0.3 is 6.18 Å². The zero-order valence-electron chi connectivity index (χ0n) is 20.6.